The topological polar surface area (TPSA) is 81.1 Å². The van der Waals surface area contributed by atoms with Gasteiger partial charge in [0.25, 0.3) is 0 Å². The molecule has 1 aromatic rings. The zero-order valence-electron chi connectivity index (χ0n) is 14.7. The standard InChI is InChI=1S/C19H25FN2O4/c20-15-5-3-14(4-6-15)11-19(18(25)26)13-21(10-7-16(19)23)12-17(24)22-8-1-2-9-22/h3-6,16,23H,1-2,7-13H2,(H,25,26)/t16-,19+/m0/s1. The molecule has 2 aliphatic heterocycles. The fraction of sp³-hybridized carbons (Fsp3) is 0.579. The van der Waals surface area contributed by atoms with Crippen LogP contribution in [0.1, 0.15) is 24.8 Å². The molecule has 0 unspecified atom stereocenters. The summed E-state index contributed by atoms with van der Waals surface area (Å²) >= 11 is 0. The second kappa shape index (κ2) is 7.72. The third-order valence-electron chi connectivity index (χ3n) is 5.54. The summed E-state index contributed by atoms with van der Waals surface area (Å²) in [5.74, 6) is -1.47. The SMILES string of the molecule is O=C(CN1CC[C@H](O)[C@](Cc2ccc(F)cc2)(C(=O)O)C1)N1CCCC1. The molecule has 0 aromatic heterocycles. The van der Waals surface area contributed by atoms with Crippen LogP contribution in [0.4, 0.5) is 4.39 Å². The quantitative estimate of drug-likeness (QED) is 0.819. The van der Waals surface area contributed by atoms with Crippen molar-refractivity contribution in [3.05, 3.63) is 35.6 Å². The molecule has 0 spiro atoms. The molecule has 2 aliphatic rings. The van der Waals surface area contributed by atoms with Crippen LogP contribution in [0, 0.1) is 11.2 Å². The van der Waals surface area contributed by atoms with Crippen molar-refractivity contribution in [3.8, 4) is 0 Å². The summed E-state index contributed by atoms with van der Waals surface area (Å²) in [5, 5.41) is 20.4. The van der Waals surface area contributed by atoms with E-state index in [-0.39, 0.29) is 31.2 Å². The van der Waals surface area contributed by atoms with Crippen LogP contribution in [0.5, 0.6) is 0 Å². The summed E-state index contributed by atoms with van der Waals surface area (Å²) in [5.41, 5.74) is -0.748. The predicted molar refractivity (Wildman–Crippen MR) is 93.1 cm³/mol. The molecule has 2 N–H and O–H groups in total. The van der Waals surface area contributed by atoms with Gasteiger partial charge in [0.15, 0.2) is 0 Å². The number of aliphatic hydroxyl groups excluding tert-OH is 1. The summed E-state index contributed by atoms with van der Waals surface area (Å²) < 4.78 is 13.1. The number of carbonyl (C=O) groups excluding carboxylic acids is 1. The van der Waals surface area contributed by atoms with E-state index in [9.17, 15) is 24.2 Å². The Morgan fingerprint density at radius 2 is 1.81 bits per heavy atom. The number of likely N-dealkylation sites (tertiary alicyclic amines) is 2. The van der Waals surface area contributed by atoms with E-state index in [0.29, 0.717) is 18.5 Å². The van der Waals surface area contributed by atoms with Gasteiger partial charge in [-0.05, 0) is 43.4 Å². The lowest BCUT2D eigenvalue weighted by Gasteiger charge is -2.43. The minimum absolute atomic E-state index is 0.0139. The number of carboxylic acid groups (broad SMARTS) is 1. The van der Waals surface area contributed by atoms with Crippen LogP contribution < -0.4 is 0 Å². The number of hydrogen-bond donors (Lipinski definition) is 2. The molecule has 3 rings (SSSR count). The number of carboxylic acids is 1. The second-order valence-electron chi connectivity index (χ2n) is 7.37. The number of aliphatic carboxylic acids is 1. The molecule has 1 amide bonds. The van der Waals surface area contributed by atoms with Crippen LogP contribution in [-0.4, -0.2) is 70.7 Å². The molecule has 7 heteroatoms. The van der Waals surface area contributed by atoms with Gasteiger partial charge in [-0.2, -0.15) is 0 Å². The van der Waals surface area contributed by atoms with Gasteiger partial charge in [-0.1, -0.05) is 12.1 Å². The van der Waals surface area contributed by atoms with Gasteiger partial charge in [-0.25, -0.2) is 4.39 Å². The summed E-state index contributed by atoms with van der Waals surface area (Å²) in [4.78, 5) is 28.1. The fourth-order valence-corrected chi connectivity index (χ4v) is 3.98. The summed E-state index contributed by atoms with van der Waals surface area (Å²) in [6, 6.07) is 5.66. The van der Waals surface area contributed by atoms with Crippen molar-refractivity contribution in [1.82, 2.24) is 9.80 Å². The van der Waals surface area contributed by atoms with E-state index in [4.69, 9.17) is 0 Å². The van der Waals surface area contributed by atoms with Gasteiger partial charge in [0, 0.05) is 26.2 Å². The molecule has 6 nitrogen and oxygen atoms in total. The van der Waals surface area contributed by atoms with Crippen molar-refractivity contribution in [2.24, 2.45) is 5.41 Å². The molecule has 1 aromatic carbocycles. The number of carbonyl (C=O) groups is 2. The first kappa shape index (κ1) is 18.8. The first-order chi connectivity index (χ1) is 12.4. The Hall–Kier alpha value is -1.99. The molecule has 26 heavy (non-hydrogen) atoms. The van der Waals surface area contributed by atoms with Crippen LogP contribution in [0.3, 0.4) is 0 Å². The average Bonchev–Trinajstić information content (AvgIpc) is 3.14. The summed E-state index contributed by atoms with van der Waals surface area (Å²) in [6.45, 7) is 2.27. The number of halogens is 1. The van der Waals surface area contributed by atoms with Crippen LogP contribution in [0.2, 0.25) is 0 Å². The molecule has 2 heterocycles. The van der Waals surface area contributed by atoms with Crippen molar-refractivity contribution in [1.29, 1.82) is 0 Å². The lowest BCUT2D eigenvalue weighted by molar-refractivity contribution is -0.164. The third kappa shape index (κ3) is 3.88. The maximum Gasteiger partial charge on any atom is 0.313 e. The van der Waals surface area contributed by atoms with Crippen LogP contribution in [0.15, 0.2) is 24.3 Å². The Bertz CT molecular complexity index is 660. The molecule has 0 bridgehead atoms. The minimum Gasteiger partial charge on any atom is -0.481 e. The second-order valence-corrected chi connectivity index (χ2v) is 7.37. The summed E-state index contributed by atoms with van der Waals surface area (Å²) in [6.07, 6.45) is 1.39. The fourth-order valence-electron chi connectivity index (χ4n) is 3.98. The lowest BCUT2D eigenvalue weighted by Crippen LogP contribution is -2.58. The first-order valence-electron chi connectivity index (χ1n) is 9.07. The van der Waals surface area contributed by atoms with Crippen molar-refractivity contribution in [2.45, 2.75) is 31.8 Å². The molecule has 2 fully saturated rings. The van der Waals surface area contributed by atoms with E-state index in [1.165, 1.54) is 12.1 Å². The van der Waals surface area contributed by atoms with Crippen molar-refractivity contribution in [3.63, 3.8) is 0 Å². The first-order valence-corrected chi connectivity index (χ1v) is 9.07. The number of piperidine rings is 1. The Kier molecular flexibility index (Phi) is 5.58. The maximum absolute atomic E-state index is 13.1. The average molecular weight is 364 g/mol. The van der Waals surface area contributed by atoms with Gasteiger partial charge in [-0.3, -0.25) is 14.5 Å². The molecular weight excluding hydrogens is 339 g/mol. The zero-order chi connectivity index (χ0) is 18.7. The smallest absolute Gasteiger partial charge is 0.313 e. The Morgan fingerprint density at radius 3 is 2.42 bits per heavy atom. The van der Waals surface area contributed by atoms with Crippen LogP contribution >= 0.6 is 0 Å². The highest BCUT2D eigenvalue weighted by Crippen LogP contribution is 2.35. The normalized spacial score (nSPS) is 26.8. The van der Waals surface area contributed by atoms with Crippen LogP contribution in [0.25, 0.3) is 0 Å². The molecule has 142 valence electrons. The molecule has 0 aliphatic carbocycles. The minimum atomic E-state index is -1.40. The largest absolute Gasteiger partial charge is 0.481 e. The molecule has 0 saturated carbocycles. The Labute approximate surface area is 152 Å². The Morgan fingerprint density at radius 1 is 1.15 bits per heavy atom. The number of nitrogens with zero attached hydrogens (tertiary/aromatic N) is 2. The third-order valence-corrected chi connectivity index (χ3v) is 5.54. The number of benzene rings is 1. The van der Waals surface area contributed by atoms with E-state index < -0.39 is 17.5 Å². The highest BCUT2D eigenvalue weighted by atomic mass is 19.1. The predicted octanol–water partition coefficient (Wildman–Crippen LogP) is 1.13. The number of hydrogen-bond acceptors (Lipinski definition) is 4. The van der Waals surface area contributed by atoms with Crippen molar-refractivity contribution >= 4 is 11.9 Å². The highest BCUT2D eigenvalue weighted by molar-refractivity contribution is 5.79. The maximum atomic E-state index is 13.1. The molecule has 2 atom stereocenters. The van der Waals surface area contributed by atoms with E-state index in [2.05, 4.69) is 0 Å². The Balaban J connectivity index is 1.75. The highest BCUT2D eigenvalue weighted by Gasteiger charge is 2.49. The molecule has 2 saturated heterocycles. The van der Waals surface area contributed by atoms with Crippen molar-refractivity contribution < 1.29 is 24.2 Å². The van der Waals surface area contributed by atoms with Gasteiger partial charge < -0.3 is 15.1 Å². The van der Waals surface area contributed by atoms with E-state index in [0.717, 1.165) is 25.9 Å². The molecule has 0 radical (unpaired) electrons. The van der Waals surface area contributed by atoms with E-state index in [1.54, 1.807) is 12.1 Å². The molecular formula is C19H25FN2O4. The van der Waals surface area contributed by atoms with Crippen LogP contribution in [-0.2, 0) is 16.0 Å². The number of amides is 1. The van der Waals surface area contributed by atoms with Gasteiger partial charge in [-0.15, -0.1) is 0 Å². The van der Waals surface area contributed by atoms with Crippen molar-refractivity contribution in [2.75, 3.05) is 32.7 Å². The van der Waals surface area contributed by atoms with E-state index in [1.807, 2.05) is 9.80 Å². The number of aliphatic hydroxyl groups is 1. The van der Waals surface area contributed by atoms with E-state index >= 15 is 0 Å². The number of rotatable bonds is 5. The monoisotopic (exact) mass is 364 g/mol. The van der Waals surface area contributed by atoms with Gasteiger partial charge >= 0.3 is 5.97 Å². The van der Waals surface area contributed by atoms with Gasteiger partial charge in [0.05, 0.1) is 12.6 Å². The zero-order valence-corrected chi connectivity index (χ0v) is 14.7. The lowest BCUT2D eigenvalue weighted by atomic mass is 9.73. The van der Waals surface area contributed by atoms with Gasteiger partial charge in [0.2, 0.25) is 5.91 Å². The summed E-state index contributed by atoms with van der Waals surface area (Å²) in [7, 11) is 0. The van der Waals surface area contributed by atoms with Gasteiger partial charge in [0.1, 0.15) is 11.2 Å².